The minimum atomic E-state index is -0.347. The van der Waals surface area contributed by atoms with E-state index in [0.29, 0.717) is 17.1 Å². The summed E-state index contributed by atoms with van der Waals surface area (Å²) in [6, 6.07) is 11.0. The van der Waals surface area contributed by atoms with Crippen molar-refractivity contribution >= 4 is 23.2 Å². The summed E-state index contributed by atoms with van der Waals surface area (Å²) in [5.41, 5.74) is 6.95. The van der Waals surface area contributed by atoms with E-state index in [4.69, 9.17) is 28.9 Å². The molecule has 0 radical (unpaired) electrons. The van der Waals surface area contributed by atoms with Gasteiger partial charge in [-0.15, -0.1) is 6.58 Å². The average Bonchev–Trinajstić information content (AvgIpc) is 2.98. The lowest BCUT2D eigenvalue weighted by atomic mass is 9.82. The Kier molecular flexibility index (Phi) is 8.02. The first-order valence-electron chi connectivity index (χ1n) is 9.12. The number of nitrogens with two attached hydrogens (primary N) is 1. The molecule has 1 fully saturated rings. The molecule has 1 aliphatic rings. The van der Waals surface area contributed by atoms with Gasteiger partial charge < -0.3 is 11.1 Å². The van der Waals surface area contributed by atoms with Crippen molar-refractivity contribution in [2.24, 2.45) is 11.1 Å². The molecule has 0 saturated carbocycles. The zero-order valence-corrected chi connectivity index (χ0v) is 17.6. The quantitative estimate of drug-likeness (QED) is 0.593. The van der Waals surface area contributed by atoms with Crippen molar-refractivity contribution in [2.45, 2.75) is 38.3 Å². The van der Waals surface area contributed by atoms with Crippen molar-refractivity contribution in [3.05, 3.63) is 82.4 Å². The molecule has 1 heterocycles. The molecule has 0 aromatic heterocycles. The number of halogens is 4. The lowest BCUT2D eigenvalue weighted by molar-refractivity contribution is 0.349. The van der Waals surface area contributed by atoms with Crippen LogP contribution in [0.25, 0.3) is 0 Å². The van der Waals surface area contributed by atoms with Crippen LogP contribution in [0.2, 0.25) is 10.0 Å². The van der Waals surface area contributed by atoms with Gasteiger partial charge in [-0.2, -0.15) is 0 Å². The largest absolute Gasteiger partial charge is 0.326 e. The maximum atomic E-state index is 14.1. The van der Waals surface area contributed by atoms with Crippen molar-refractivity contribution < 1.29 is 8.78 Å². The molecule has 3 rings (SSSR count). The Morgan fingerprint density at radius 2 is 1.89 bits per heavy atom. The summed E-state index contributed by atoms with van der Waals surface area (Å²) in [7, 11) is 0. The molecule has 6 heteroatoms. The second-order valence-electron chi connectivity index (χ2n) is 7.68. The highest BCUT2D eigenvalue weighted by atomic mass is 35.5. The van der Waals surface area contributed by atoms with Crippen LogP contribution in [0.1, 0.15) is 31.7 Å². The van der Waals surface area contributed by atoms with Crippen molar-refractivity contribution in [3.63, 3.8) is 0 Å². The van der Waals surface area contributed by atoms with Crippen molar-refractivity contribution in [3.8, 4) is 0 Å². The highest BCUT2D eigenvalue weighted by Gasteiger charge is 2.37. The van der Waals surface area contributed by atoms with Crippen LogP contribution >= 0.6 is 23.2 Å². The fourth-order valence-corrected chi connectivity index (χ4v) is 3.63. The van der Waals surface area contributed by atoms with Crippen LogP contribution in [0, 0.1) is 17.0 Å². The fourth-order valence-electron chi connectivity index (χ4n) is 3.27. The van der Waals surface area contributed by atoms with Gasteiger partial charge in [0.1, 0.15) is 11.6 Å². The molecule has 2 nitrogen and oxygen atoms in total. The minimum absolute atomic E-state index is 0.0110. The van der Waals surface area contributed by atoms with Crippen LogP contribution in [0.3, 0.4) is 0 Å². The van der Waals surface area contributed by atoms with Gasteiger partial charge in [-0.25, -0.2) is 8.78 Å². The molecular weight excluding hydrogens is 401 g/mol. The fraction of sp³-hybridized carbons (Fsp3) is 0.364. The molecule has 3 atom stereocenters. The summed E-state index contributed by atoms with van der Waals surface area (Å²) < 4.78 is 26.2. The van der Waals surface area contributed by atoms with Gasteiger partial charge in [0.05, 0.1) is 5.02 Å². The summed E-state index contributed by atoms with van der Waals surface area (Å²) in [6.07, 6.45) is 2.82. The van der Waals surface area contributed by atoms with Crippen LogP contribution in [0.15, 0.2) is 55.1 Å². The van der Waals surface area contributed by atoms with Crippen LogP contribution in [-0.2, 0) is 0 Å². The van der Waals surface area contributed by atoms with E-state index in [0.717, 1.165) is 6.42 Å². The van der Waals surface area contributed by atoms with E-state index >= 15 is 0 Å². The number of benzene rings is 2. The Labute approximate surface area is 175 Å². The molecule has 3 N–H and O–H groups in total. The SMILES string of the molecule is C=CC(C)(C)CC1NCC(c2cccc(Cl)c2F)C1N.Fc1cccc(Cl)c1. The van der Waals surface area contributed by atoms with Crippen molar-refractivity contribution in [2.75, 3.05) is 6.54 Å². The third kappa shape index (κ3) is 6.02. The second-order valence-corrected chi connectivity index (χ2v) is 8.52. The van der Waals surface area contributed by atoms with Gasteiger partial charge in [0.15, 0.2) is 0 Å². The Hall–Kier alpha value is -1.46. The average molecular weight is 427 g/mol. The maximum Gasteiger partial charge on any atom is 0.145 e. The van der Waals surface area contributed by atoms with Crippen molar-refractivity contribution in [1.82, 2.24) is 5.32 Å². The first-order valence-corrected chi connectivity index (χ1v) is 9.88. The molecule has 1 saturated heterocycles. The van der Waals surface area contributed by atoms with E-state index in [9.17, 15) is 8.78 Å². The second kappa shape index (κ2) is 9.84. The van der Waals surface area contributed by atoms with Gasteiger partial charge in [-0.1, -0.05) is 61.3 Å². The van der Waals surface area contributed by atoms with Crippen molar-refractivity contribution in [1.29, 1.82) is 0 Å². The first kappa shape index (κ1) is 22.8. The molecule has 0 spiro atoms. The molecule has 1 aliphatic heterocycles. The standard InChI is InChI=1S/C16H22ClFN2.C6H4ClF/c1-4-16(2,3)8-13-15(19)11(9-20-13)10-6-5-7-12(17)14(10)18;7-5-2-1-3-6(8)4-5/h4-7,11,13,15,20H,1,8-9,19H2,2-3H3;1-4H. The number of nitrogens with one attached hydrogen (secondary N) is 1. The Balaban J connectivity index is 0.000000292. The monoisotopic (exact) mass is 426 g/mol. The van der Waals surface area contributed by atoms with Gasteiger partial charge in [-0.05, 0) is 41.7 Å². The van der Waals surface area contributed by atoms with Crippen LogP contribution < -0.4 is 11.1 Å². The zero-order chi connectivity index (χ0) is 20.9. The number of hydrogen-bond acceptors (Lipinski definition) is 2. The maximum absolute atomic E-state index is 14.1. The Morgan fingerprint density at radius 3 is 2.46 bits per heavy atom. The van der Waals surface area contributed by atoms with E-state index in [-0.39, 0.29) is 40.1 Å². The van der Waals surface area contributed by atoms with E-state index in [1.165, 1.54) is 12.1 Å². The number of hydrogen-bond donors (Lipinski definition) is 2. The molecule has 0 bridgehead atoms. The lowest BCUT2D eigenvalue weighted by Crippen LogP contribution is -2.41. The molecule has 28 heavy (non-hydrogen) atoms. The molecule has 152 valence electrons. The zero-order valence-electron chi connectivity index (χ0n) is 16.1. The van der Waals surface area contributed by atoms with Gasteiger partial charge in [0, 0.05) is 29.6 Å². The molecule has 2 aromatic carbocycles. The number of allylic oxidation sites excluding steroid dienone is 1. The minimum Gasteiger partial charge on any atom is -0.326 e. The smallest absolute Gasteiger partial charge is 0.145 e. The number of rotatable bonds is 4. The Morgan fingerprint density at radius 1 is 1.21 bits per heavy atom. The summed E-state index contributed by atoms with van der Waals surface area (Å²) in [5, 5.41) is 4.00. The predicted molar refractivity (Wildman–Crippen MR) is 114 cm³/mol. The lowest BCUT2D eigenvalue weighted by Gasteiger charge is -2.28. The highest BCUT2D eigenvalue weighted by molar-refractivity contribution is 6.31. The summed E-state index contributed by atoms with van der Waals surface area (Å²) in [4.78, 5) is 0. The van der Waals surface area contributed by atoms with E-state index < -0.39 is 0 Å². The summed E-state index contributed by atoms with van der Waals surface area (Å²) >= 11 is 11.3. The van der Waals surface area contributed by atoms with Crippen LogP contribution in [-0.4, -0.2) is 18.6 Å². The van der Waals surface area contributed by atoms with Gasteiger partial charge in [0.25, 0.3) is 0 Å². The van der Waals surface area contributed by atoms with Crippen LogP contribution in [0.5, 0.6) is 0 Å². The molecule has 0 aliphatic carbocycles. The highest BCUT2D eigenvalue weighted by Crippen LogP contribution is 2.34. The third-order valence-corrected chi connectivity index (χ3v) is 5.52. The van der Waals surface area contributed by atoms with Gasteiger partial charge in [-0.3, -0.25) is 0 Å². The third-order valence-electron chi connectivity index (χ3n) is 5.00. The Bertz CT molecular complexity index is 794. The van der Waals surface area contributed by atoms with Gasteiger partial charge >= 0.3 is 0 Å². The summed E-state index contributed by atoms with van der Waals surface area (Å²) in [5.74, 6) is -0.683. The normalized spacial score (nSPS) is 21.8. The van der Waals surface area contributed by atoms with Gasteiger partial charge in [0.2, 0.25) is 0 Å². The predicted octanol–water partition coefficient (Wildman–Crippen LogP) is 5.94. The van der Waals surface area contributed by atoms with E-state index in [1.54, 1.807) is 30.3 Å². The topological polar surface area (TPSA) is 38.0 Å². The van der Waals surface area contributed by atoms with E-state index in [1.807, 2.05) is 6.08 Å². The first-order chi connectivity index (χ1) is 13.1. The molecule has 3 unspecified atom stereocenters. The molecule has 2 aromatic rings. The summed E-state index contributed by atoms with van der Waals surface area (Å²) in [6.45, 7) is 8.79. The van der Waals surface area contributed by atoms with Crippen LogP contribution in [0.4, 0.5) is 8.78 Å². The molecule has 0 amide bonds. The van der Waals surface area contributed by atoms with E-state index in [2.05, 4.69) is 25.7 Å². The molecular formula is C22H26Cl2F2N2.